The van der Waals surface area contributed by atoms with Crippen LogP contribution in [-0.4, -0.2) is 11.2 Å². The van der Waals surface area contributed by atoms with E-state index in [1.54, 1.807) is 0 Å². The third kappa shape index (κ3) is 1.63. The van der Waals surface area contributed by atoms with Crippen LogP contribution in [0.3, 0.4) is 0 Å². The van der Waals surface area contributed by atoms with Crippen LogP contribution in [0.25, 0.3) is 0 Å². The van der Waals surface area contributed by atoms with Crippen LogP contribution in [0, 0.1) is 17.8 Å². The van der Waals surface area contributed by atoms with E-state index < -0.39 is 0 Å². The van der Waals surface area contributed by atoms with Crippen molar-refractivity contribution in [3.63, 3.8) is 0 Å². The van der Waals surface area contributed by atoms with Gasteiger partial charge in [0, 0.05) is 0 Å². The van der Waals surface area contributed by atoms with Crippen LogP contribution in [-0.2, 0) is 0 Å². The van der Waals surface area contributed by atoms with Gasteiger partial charge in [0.25, 0.3) is 0 Å². The van der Waals surface area contributed by atoms with Gasteiger partial charge in [-0.25, -0.2) is 0 Å². The van der Waals surface area contributed by atoms with Crippen LogP contribution < -0.4 is 0 Å². The van der Waals surface area contributed by atoms with Crippen LogP contribution in [0.15, 0.2) is 0 Å². The van der Waals surface area contributed by atoms with Crippen molar-refractivity contribution in [3.05, 3.63) is 0 Å². The summed E-state index contributed by atoms with van der Waals surface area (Å²) in [4.78, 5) is 0. The molecule has 13 heavy (non-hydrogen) atoms. The molecule has 0 aromatic rings. The molecular weight excluding hydrogens is 160 g/mol. The highest BCUT2D eigenvalue weighted by atomic mass is 16.3. The van der Waals surface area contributed by atoms with Crippen molar-refractivity contribution in [2.75, 3.05) is 0 Å². The third-order valence-corrected chi connectivity index (χ3v) is 4.27. The van der Waals surface area contributed by atoms with Gasteiger partial charge in [0.05, 0.1) is 6.10 Å². The van der Waals surface area contributed by atoms with Crippen LogP contribution in [0.5, 0.6) is 0 Å². The maximum Gasteiger partial charge on any atom is 0.0601 e. The monoisotopic (exact) mass is 182 g/mol. The van der Waals surface area contributed by atoms with Gasteiger partial charge in [-0.3, -0.25) is 0 Å². The molecule has 0 saturated heterocycles. The minimum Gasteiger partial charge on any atom is -0.393 e. The molecule has 0 radical (unpaired) electrons. The van der Waals surface area contributed by atoms with E-state index in [0.29, 0.717) is 11.8 Å². The number of hydrogen-bond acceptors (Lipinski definition) is 1. The molecule has 2 aliphatic rings. The van der Waals surface area contributed by atoms with Crippen molar-refractivity contribution >= 4 is 0 Å². The van der Waals surface area contributed by atoms with Gasteiger partial charge >= 0.3 is 0 Å². The topological polar surface area (TPSA) is 20.2 Å². The van der Waals surface area contributed by atoms with Gasteiger partial charge in [-0.15, -0.1) is 0 Å². The molecule has 0 aromatic heterocycles. The molecule has 4 atom stereocenters. The normalized spacial score (nSPS) is 45.7. The summed E-state index contributed by atoms with van der Waals surface area (Å²) in [6.45, 7) is 2.23. The van der Waals surface area contributed by atoms with Crippen molar-refractivity contribution in [2.45, 2.75) is 58.0 Å². The highest BCUT2D eigenvalue weighted by molar-refractivity contribution is 4.96. The molecule has 0 amide bonds. The number of rotatable bonds is 1. The molecule has 1 heteroatoms. The minimum atomic E-state index is 0.0492. The number of fused-ring (bicyclic) bond motifs is 1. The van der Waals surface area contributed by atoms with Gasteiger partial charge in [0.2, 0.25) is 0 Å². The highest BCUT2D eigenvalue weighted by Crippen LogP contribution is 2.48. The maximum absolute atomic E-state index is 9.92. The van der Waals surface area contributed by atoms with Crippen molar-refractivity contribution in [1.82, 2.24) is 0 Å². The van der Waals surface area contributed by atoms with E-state index in [-0.39, 0.29) is 6.10 Å². The Bertz CT molecular complexity index is 167. The molecule has 1 nitrogen and oxygen atoms in total. The second-order valence-electron chi connectivity index (χ2n) is 4.88. The van der Waals surface area contributed by atoms with Gasteiger partial charge < -0.3 is 5.11 Å². The lowest BCUT2D eigenvalue weighted by atomic mass is 9.57. The average molecular weight is 182 g/mol. The van der Waals surface area contributed by atoms with E-state index in [1.165, 1.54) is 44.9 Å². The first-order valence-corrected chi connectivity index (χ1v) is 6.02. The summed E-state index contributed by atoms with van der Waals surface area (Å²) in [7, 11) is 0. The van der Waals surface area contributed by atoms with Crippen molar-refractivity contribution in [2.24, 2.45) is 17.8 Å². The van der Waals surface area contributed by atoms with Crippen LogP contribution >= 0.6 is 0 Å². The Morgan fingerprint density at radius 1 is 1.00 bits per heavy atom. The molecule has 0 spiro atoms. The first kappa shape index (κ1) is 9.51. The van der Waals surface area contributed by atoms with Crippen LogP contribution in [0.2, 0.25) is 0 Å². The summed E-state index contributed by atoms with van der Waals surface area (Å²) in [5.74, 6) is 2.19. The second kappa shape index (κ2) is 4.00. The van der Waals surface area contributed by atoms with Crippen molar-refractivity contribution in [1.29, 1.82) is 0 Å². The Kier molecular flexibility index (Phi) is 2.92. The summed E-state index contributed by atoms with van der Waals surface area (Å²) >= 11 is 0. The lowest BCUT2D eigenvalue weighted by molar-refractivity contribution is -0.113. The zero-order valence-electron chi connectivity index (χ0n) is 8.71. The lowest BCUT2D eigenvalue weighted by Gasteiger charge is -2.50. The summed E-state index contributed by atoms with van der Waals surface area (Å²) in [6.07, 6.45) is 9.50. The van der Waals surface area contributed by atoms with E-state index in [1.807, 2.05) is 0 Å². The van der Waals surface area contributed by atoms with Crippen LogP contribution in [0.4, 0.5) is 0 Å². The van der Waals surface area contributed by atoms with Gasteiger partial charge in [-0.05, 0) is 30.6 Å². The minimum absolute atomic E-state index is 0.0492. The molecule has 0 bridgehead atoms. The Morgan fingerprint density at radius 2 is 1.62 bits per heavy atom. The van der Waals surface area contributed by atoms with Gasteiger partial charge in [0.1, 0.15) is 0 Å². The maximum atomic E-state index is 9.92. The predicted octanol–water partition coefficient (Wildman–Crippen LogP) is 2.97. The number of aliphatic hydroxyl groups is 1. The van der Waals surface area contributed by atoms with E-state index in [0.717, 1.165) is 5.92 Å². The highest BCUT2D eigenvalue weighted by Gasteiger charge is 2.47. The molecule has 2 aliphatic carbocycles. The Balaban J connectivity index is 1.94. The molecule has 0 heterocycles. The first-order chi connectivity index (χ1) is 6.34. The third-order valence-electron chi connectivity index (χ3n) is 4.27. The molecule has 2 saturated carbocycles. The molecule has 76 valence electrons. The first-order valence-electron chi connectivity index (χ1n) is 6.02. The van der Waals surface area contributed by atoms with E-state index in [9.17, 15) is 5.11 Å². The number of hydrogen-bond donors (Lipinski definition) is 1. The zero-order valence-corrected chi connectivity index (χ0v) is 8.71. The molecule has 0 aliphatic heterocycles. The van der Waals surface area contributed by atoms with Crippen molar-refractivity contribution < 1.29 is 5.11 Å². The Morgan fingerprint density at radius 3 is 2.23 bits per heavy atom. The quantitative estimate of drug-likeness (QED) is 0.661. The zero-order chi connectivity index (χ0) is 9.26. The molecule has 0 aromatic carbocycles. The molecular formula is C12H22O. The van der Waals surface area contributed by atoms with Gasteiger partial charge in [0.15, 0.2) is 0 Å². The van der Waals surface area contributed by atoms with Crippen molar-refractivity contribution in [3.8, 4) is 0 Å². The average Bonchev–Trinajstić information content (AvgIpc) is 2.09. The Labute approximate surface area is 81.5 Å². The smallest absolute Gasteiger partial charge is 0.0601 e. The van der Waals surface area contributed by atoms with E-state index in [4.69, 9.17) is 0 Å². The Hall–Kier alpha value is -0.0400. The predicted molar refractivity (Wildman–Crippen MR) is 54.5 cm³/mol. The standard InChI is InChI=1S/C12H22O/c1-2-9-10-7-5-3-4-6-8-11(10)12(9)13/h9-13H,2-8H2,1H3. The molecule has 1 N–H and O–H groups in total. The summed E-state index contributed by atoms with van der Waals surface area (Å²) in [5.41, 5.74) is 0. The largest absolute Gasteiger partial charge is 0.393 e. The molecule has 4 unspecified atom stereocenters. The van der Waals surface area contributed by atoms with Gasteiger partial charge in [-0.2, -0.15) is 0 Å². The molecule has 2 rings (SSSR count). The summed E-state index contributed by atoms with van der Waals surface area (Å²) < 4.78 is 0. The fraction of sp³-hybridized carbons (Fsp3) is 1.00. The number of aliphatic hydroxyl groups excluding tert-OH is 1. The fourth-order valence-electron chi connectivity index (χ4n) is 3.47. The van der Waals surface area contributed by atoms with Crippen LogP contribution in [0.1, 0.15) is 51.9 Å². The van der Waals surface area contributed by atoms with Gasteiger partial charge in [-0.1, -0.05) is 39.0 Å². The lowest BCUT2D eigenvalue weighted by Crippen LogP contribution is -2.51. The molecule has 2 fully saturated rings. The fourth-order valence-corrected chi connectivity index (χ4v) is 3.47. The summed E-state index contributed by atoms with van der Waals surface area (Å²) in [5, 5.41) is 9.92. The van der Waals surface area contributed by atoms with E-state index in [2.05, 4.69) is 6.92 Å². The second-order valence-corrected chi connectivity index (χ2v) is 4.88. The summed E-state index contributed by atoms with van der Waals surface area (Å²) in [6, 6.07) is 0. The SMILES string of the molecule is CCC1C(O)C2CCCCCCC12. The van der Waals surface area contributed by atoms with E-state index >= 15 is 0 Å².